The third-order valence-corrected chi connectivity index (χ3v) is 2.82. The van der Waals surface area contributed by atoms with Gasteiger partial charge in [0.15, 0.2) is 0 Å². The number of nitrogens with zero attached hydrogens (tertiary/aromatic N) is 2. The van der Waals surface area contributed by atoms with Crippen LogP contribution in [0.15, 0.2) is 24.4 Å². The van der Waals surface area contributed by atoms with Crippen LogP contribution in [0.4, 0.5) is 0 Å². The first kappa shape index (κ1) is 13.0. The molecule has 19 heavy (non-hydrogen) atoms. The van der Waals surface area contributed by atoms with Gasteiger partial charge in [0.05, 0.1) is 23.1 Å². The lowest BCUT2D eigenvalue weighted by atomic mass is 10.1. The molecule has 98 valence electrons. The largest absolute Gasteiger partial charge is 0.478 e. The first-order chi connectivity index (χ1) is 8.97. The van der Waals surface area contributed by atoms with Crippen molar-refractivity contribution in [2.45, 2.75) is 20.8 Å². The van der Waals surface area contributed by atoms with E-state index >= 15 is 0 Å². The highest BCUT2D eigenvalue weighted by Crippen LogP contribution is 2.25. The van der Waals surface area contributed by atoms with Gasteiger partial charge in [0.25, 0.3) is 0 Å². The van der Waals surface area contributed by atoms with Crippen molar-refractivity contribution in [3.8, 4) is 11.6 Å². The number of carbonyl (C=O) groups is 1. The van der Waals surface area contributed by atoms with Gasteiger partial charge in [-0.3, -0.25) is 4.98 Å². The normalized spacial score (nSPS) is 10.3. The lowest BCUT2D eigenvalue weighted by molar-refractivity contribution is 0.0696. The van der Waals surface area contributed by atoms with Gasteiger partial charge in [-0.25, -0.2) is 9.78 Å². The van der Waals surface area contributed by atoms with Gasteiger partial charge in [-0.15, -0.1) is 0 Å². The van der Waals surface area contributed by atoms with E-state index in [1.165, 1.54) is 18.3 Å². The summed E-state index contributed by atoms with van der Waals surface area (Å²) in [6, 6.07) is 4.72. The number of aryl methyl sites for hydroxylation is 3. The molecule has 0 fully saturated rings. The number of benzene rings is 1. The Balaban J connectivity index is 2.34. The average molecular weight is 258 g/mol. The van der Waals surface area contributed by atoms with E-state index in [0.717, 1.165) is 17.0 Å². The van der Waals surface area contributed by atoms with Gasteiger partial charge in [0, 0.05) is 0 Å². The number of carboxylic acids is 1. The summed E-state index contributed by atoms with van der Waals surface area (Å²) < 4.78 is 5.60. The zero-order chi connectivity index (χ0) is 14.0. The summed E-state index contributed by atoms with van der Waals surface area (Å²) in [7, 11) is 0. The Morgan fingerprint density at radius 2 is 1.95 bits per heavy atom. The zero-order valence-corrected chi connectivity index (χ0v) is 11.0. The Hall–Kier alpha value is -2.43. The molecule has 0 saturated heterocycles. The average Bonchev–Trinajstić information content (AvgIpc) is 2.36. The fourth-order valence-electron chi connectivity index (χ4n) is 1.53. The third-order valence-electron chi connectivity index (χ3n) is 2.82. The zero-order valence-electron chi connectivity index (χ0n) is 11.0. The van der Waals surface area contributed by atoms with E-state index in [9.17, 15) is 4.79 Å². The molecule has 1 N–H and O–H groups in total. The Labute approximate surface area is 110 Å². The third kappa shape index (κ3) is 2.88. The highest BCUT2D eigenvalue weighted by atomic mass is 16.5. The Morgan fingerprint density at radius 1 is 1.21 bits per heavy atom. The molecule has 0 unspecified atom stereocenters. The van der Waals surface area contributed by atoms with E-state index < -0.39 is 5.97 Å². The van der Waals surface area contributed by atoms with E-state index in [4.69, 9.17) is 9.84 Å². The van der Waals surface area contributed by atoms with Crippen LogP contribution in [-0.2, 0) is 0 Å². The summed E-state index contributed by atoms with van der Waals surface area (Å²) in [6.45, 7) is 5.55. The van der Waals surface area contributed by atoms with Crippen LogP contribution in [0.3, 0.4) is 0 Å². The predicted octanol–water partition coefficient (Wildman–Crippen LogP) is 2.89. The number of aromatic nitrogens is 2. The van der Waals surface area contributed by atoms with Crippen LogP contribution >= 0.6 is 0 Å². The second kappa shape index (κ2) is 5.06. The van der Waals surface area contributed by atoms with E-state index in [2.05, 4.69) is 9.97 Å². The van der Waals surface area contributed by atoms with Gasteiger partial charge in [-0.05, 0) is 38.5 Å². The lowest BCUT2D eigenvalue weighted by Crippen LogP contribution is -1.99. The molecule has 0 saturated carbocycles. The van der Waals surface area contributed by atoms with Crippen molar-refractivity contribution in [3.63, 3.8) is 0 Å². The molecular weight excluding hydrogens is 244 g/mol. The topological polar surface area (TPSA) is 72.3 Å². The maximum Gasteiger partial charge on any atom is 0.335 e. The molecule has 1 aromatic heterocycles. The smallest absolute Gasteiger partial charge is 0.335 e. The molecule has 0 spiro atoms. The molecule has 0 atom stereocenters. The fraction of sp³-hybridized carbons (Fsp3) is 0.214. The van der Waals surface area contributed by atoms with Crippen molar-refractivity contribution >= 4 is 5.97 Å². The maximum atomic E-state index is 10.9. The number of ether oxygens (including phenoxy) is 1. The molecule has 2 aromatic rings. The number of hydrogen-bond donors (Lipinski definition) is 1. The Bertz CT molecular complexity index is 639. The van der Waals surface area contributed by atoms with E-state index in [1.807, 2.05) is 20.8 Å². The van der Waals surface area contributed by atoms with Crippen molar-refractivity contribution in [2.24, 2.45) is 0 Å². The van der Waals surface area contributed by atoms with Crippen molar-refractivity contribution in [1.29, 1.82) is 0 Å². The molecule has 5 nitrogen and oxygen atoms in total. The second-order valence-corrected chi connectivity index (χ2v) is 4.27. The number of hydrogen-bond acceptors (Lipinski definition) is 4. The number of rotatable bonds is 3. The molecule has 0 radical (unpaired) electrons. The minimum atomic E-state index is -0.990. The molecule has 2 rings (SSSR count). The van der Waals surface area contributed by atoms with Gasteiger partial charge in [0.2, 0.25) is 5.88 Å². The molecule has 0 aliphatic rings. The van der Waals surface area contributed by atoms with Crippen molar-refractivity contribution in [1.82, 2.24) is 9.97 Å². The van der Waals surface area contributed by atoms with Gasteiger partial charge in [-0.1, -0.05) is 6.07 Å². The molecular formula is C14H14N2O3. The number of aromatic carboxylic acids is 1. The fourth-order valence-corrected chi connectivity index (χ4v) is 1.53. The van der Waals surface area contributed by atoms with E-state index in [1.54, 1.807) is 6.07 Å². The monoisotopic (exact) mass is 258 g/mol. The molecule has 0 amide bonds. The van der Waals surface area contributed by atoms with Crippen molar-refractivity contribution in [2.75, 3.05) is 0 Å². The molecule has 0 bridgehead atoms. The molecule has 5 heteroatoms. The van der Waals surface area contributed by atoms with E-state index in [0.29, 0.717) is 11.6 Å². The minimum Gasteiger partial charge on any atom is -0.478 e. The highest BCUT2D eigenvalue weighted by Gasteiger charge is 2.09. The summed E-state index contributed by atoms with van der Waals surface area (Å²) >= 11 is 0. The van der Waals surface area contributed by atoms with Crippen LogP contribution < -0.4 is 4.74 Å². The predicted molar refractivity (Wildman–Crippen MR) is 69.7 cm³/mol. The lowest BCUT2D eigenvalue weighted by Gasteiger charge is -2.09. The quantitative estimate of drug-likeness (QED) is 0.916. The van der Waals surface area contributed by atoms with Crippen molar-refractivity contribution < 1.29 is 14.6 Å². The van der Waals surface area contributed by atoms with Gasteiger partial charge >= 0.3 is 5.97 Å². The van der Waals surface area contributed by atoms with Gasteiger partial charge in [0.1, 0.15) is 5.75 Å². The molecule has 1 aromatic carbocycles. The summed E-state index contributed by atoms with van der Waals surface area (Å²) in [5, 5.41) is 8.96. The van der Waals surface area contributed by atoms with Gasteiger partial charge in [-0.2, -0.15) is 0 Å². The minimum absolute atomic E-state index is 0.178. The molecule has 0 aliphatic carbocycles. The van der Waals surface area contributed by atoms with Gasteiger partial charge < -0.3 is 9.84 Å². The number of carboxylic acid groups (broad SMARTS) is 1. The molecule has 0 aliphatic heterocycles. The van der Waals surface area contributed by atoms with Crippen LogP contribution in [0, 0.1) is 20.8 Å². The van der Waals surface area contributed by atoms with Crippen LogP contribution in [0.5, 0.6) is 11.6 Å². The molecule has 1 heterocycles. The maximum absolute atomic E-state index is 10.9. The summed E-state index contributed by atoms with van der Waals surface area (Å²) in [5.74, 6) is -0.165. The Morgan fingerprint density at radius 3 is 2.58 bits per heavy atom. The van der Waals surface area contributed by atoms with Crippen LogP contribution in [0.25, 0.3) is 0 Å². The van der Waals surface area contributed by atoms with Crippen LogP contribution in [0.2, 0.25) is 0 Å². The summed E-state index contributed by atoms with van der Waals surface area (Å²) in [6.07, 6.45) is 1.52. The first-order valence-electron chi connectivity index (χ1n) is 5.79. The first-order valence-corrected chi connectivity index (χ1v) is 5.79. The second-order valence-electron chi connectivity index (χ2n) is 4.27. The van der Waals surface area contributed by atoms with Crippen LogP contribution in [-0.4, -0.2) is 21.0 Å². The van der Waals surface area contributed by atoms with Crippen molar-refractivity contribution in [3.05, 3.63) is 46.9 Å². The summed E-state index contributed by atoms with van der Waals surface area (Å²) in [4.78, 5) is 19.3. The standard InChI is InChI=1S/C14H14N2O3/c1-8-4-5-11(14(17)18)6-12(8)19-13-7-15-9(2)10(3)16-13/h4-7H,1-3H3,(H,17,18). The highest BCUT2D eigenvalue weighted by molar-refractivity contribution is 5.88. The van der Waals surface area contributed by atoms with E-state index in [-0.39, 0.29) is 5.56 Å². The Kier molecular flexibility index (Phi) is 3.46. The SMILES string of the molecule is Cc1ccc(C(=O)O)cc1Oc1cnc(C)c(C)n1. The summed E-state index contributed by atoms with van der Waals surface area (Å²) in [5.41, 5.74) is 2.63. The van der Waals surface area contributed by atoms with Crippen LogP contribution in [0.1, 0.15) is 27.3 Å².